The van der Waals surface area contributed by atoms with E-state index in [9.17, 15) is 14.4 Å². The number of amides is 3. The second-order valence-electron chi connectivity index (χ2n) is 7.03. The van der Waals surface area contributed by atoms with Crippen LogP contribution < -0.4 is 10.6 Å². The van der Waals surface area contributed by atoms with Gasteiger partial charge >= 0.3 is 0 Å². The van der Waals surface area contributed by atoms with Crippen molar-refractivity contribution in [3.05, 3.63) is 52.1 Å². The maximum atomic E-state index is 12.4. The van der Waals surface area contributed by atoms with Crippen LogP contribution in [-0.4, -0.2) is 65.3 Å². The highest BCUT2D eigenvalue weighted by Crippen LogP contribution is 2.23. The van der Waals surface area contributed by atoms with Gasteiger partial charge in [-0.15, -0.1) is 0 Å². The van der Waals surface area contributed by atoms with E-state index in [-0.39, 0.29) is 24.3 Å². The van der Waals surface area contributed by atoms with Gasteiger partial charge in [0.2, 0.25) is 5.91 Å². The van der Waals surface area contributed by atoms with Gasteiger partial charge in [-0.05, 0) is 101 Å². The molecule has 0 atom stereocenters. The number of carbonyl (C=O) groups excluding carboxylic acids is 3. The van der Waals surface area contributed by atoms with E-state index < -0.39 is 0 Å². The van der Waals surface area contributed by atoms with Gasteiger partial charge in [0.1, 0.15) is 17.9 Å². The molecule has 0 saturated heterocycles. The summed E-state index contributed by atoms with van der Waals surface area (Å²) in [6.07, 6.45) is 1.84. The summed E-state index contributed by atoms with van der Waals surface area (Å²) in [5.41, 5.74) is 9.34. The van der Waals surface area contributed by atoms with Crippen LogP contribution in [0.2, 0.25) is 0 Å². The minimum Gasteiger partial charge on any atom is -0.351 e. The number of hydrogen-bond acceptors (Lipinski definition) is 4. The fourth-order valence-corrected chi connectivity index (χ4v) is 4.21. The predicted molar refractivity (Wildman–Crippen MR) is 141 cm³/mol. The zero-order valence-corrected chi connectivity index (χ0v) is 24.2. The molecule has 0 bridgehead atoms. The molecule has 0 radical (unpaired) electrons. The van der Waals surface area contributed by atoms with Gasteiger partial charge in [0.15, 0.2) is 0 Å². The van der Waals surface area contributed by atoms with Crippen LogP contribution >= 0.6 is 63.7 Å². The van der Waals surface area contributed by atoms with Gasteiger partial charge < -0.3 is 25.5 Å². The molecule has 0 saturated carbocycles. The SMILES string of the molecule is [N-]=[N+]=NCC(=O)N(CCCCNC(=O)c1cc(Br)c(Br)[nH]1)CCCNC(=O)c1cc(Br)c(Br)[nH]1. The number of nitrogens with one attached hydrogen (secondary N) is 4. The van der Waals surface area contributed by atoms with Gasteiger partial charge in [-0.3, -0.25) is 14.4 Å². The third-order valence-electron chi connectivity index (χ3n) is 4.59. The first-order valence-electron chi connectivity index (χ1n) is 10.2. The molecule has 0 aliphatic rings. The number of halogens is 4. The first-order chi connectivity index (χ1) is 16.2. The van der Waals surface area contributed by atoms with E-state index in [1.807, 2.05) is 0 Å². The maximum Gasteiger partial charge on any atom is 0.267 e. The third kappa shape index (κ3) is 9.10. The Morgan fingerprint density at radius 1 is 0.882 bits per heavy atom. The topological polar surface area (TPSA) is 159 Å². The first kappa shape index (κ1) is 28.4. The van der Waals surface area contributed by atoms with E-state index in [0.29, 0.717) is 66.0 Å². The van der Waals surface area contributed by atoms with E-state index >= 15 is 0 Å². The summed E-state index contributed by atoms with van der Waals surface area (Å²) >= 11 is 13.2. The van der Waals surface area contributed by atoms with Crippen molar-refractivity contribution >= 4 is 81.4 Å². The second kappa shape index (κ2) is 14.6. The van der Waals surface area contributed by atoms with Crippen LogP contribution in [0.3, 0.4) is 0 Å². The Balaban J connectivity index is 1.74. The summed E-state index contributed by atoms with van der Waals surface area (Å²) in [5.74, 6) is -0.763. The normalized spacial score (nSPS) is 10.5. The van der Waals surface area contributed by atoms with Crippen molar-refractivity contribution in [2.24, 2.45) is 5.11 Å². The van der Waals surface area contributed by atoms with E-state index in [2.05, 4.69) is 94.3 Å². The first-order valence-corrected chi connectivity index (χ1v) is 13.3. The predicted octanol–water partition coefficient (Wildman–Crippen LogP) is 4.86. The zero-order valence-electron chi connectivity index (χ0n) is 17.8. The molecule has 0 fully saturated rings. The lowest BCUT2D eigenvalue weighted by molar-refractivity contribution is -0.129. The molecule has 0 aromatic carbocycles. The molecule has 3 amide bonds. The third-order valence-corrected chi connectivity index (χ3v) is 8.16. The Bertz CT molecular complexity index is 1030. The lowest BCUT2D eigenvalue weighted by atomic mass is 10.2. The highest BCUT2D eigenvalue weighted by Gasteiger charge is 2.14. The number of hydrogen-bond donors (Lipinski definition) is 4. The number of aromatic nitrogens is 2. The molecule has 15 heteroatoms. The van der Waals surface area contributed by atoms with Crippen LogP contribution in [0.25, 0.3) is 10.4 Å². The fourth-order valence-electron chi connectivity index (χ4n) is 2.90. The summed E-state index contributed by atoms with van der Waals surface area (Å²) in [6.45, 7) is 1.40. The van der Waals surface area contributed by atoms with E-state index in [4.69, 9.17) is 5.53 Å². The molecule has 184 valence electrons. The minimum absolute atomic E-state index is 0.223. The average molecular weight is 730 g/mol. The molecule has 2 aromatic rings. The second-order valence-corrected chi connectivity index (χ2v) is 10.3. The molecule has 2 rings (SSSR count). The lowest BCUT2D eigenvalue weighted by Crippen LogP contribution is -2.36. The van der Waals surface area contributed by atoms with Crippen molar-refractivity contribution in [2.45, 2.75) is 19.3 Å². The monoisotopic (exact) mass is 726 g/mol. The molecular formula is C19H22Br4N8O3. The molecule has 0 spiro atoms. The molecule has 2 aromatic heterocycles. The molecule has 11 nitrogen and oxygen atoms in total. The smallest absolute Gasteiger partial charge is 0.267 e. The van der Waals surface area contributed by atoms with Crippen molar-refractivity contribution in [1.82, 2.24) is 25.5 Å². The van der Waals surface area contributed by atoms with Crippen LogP contribution in [0.15, 0.2) is 35.4 Å². The molecule has 34 heavy (non-hydrogen) atoms. The van der Waals surface area contributed by atoms with Crippen LogP contribution in [0.4, 0.5) is 0 Å². The molecule has 0 aliphatic carbocycles. The Labute approximate surface area is 229 Å². The Morgan fingerprint density at radius 3 is 1.85 bits per heavy atom. The van der Waals surface area contributed by atoms with Crippen LogP contribution in [-0.2, 0) is 4.79 Å². The van der Waals surface area contributed by atoms with Crippen LogP contribution in [0.5, 0.6) is 0 Å². The summed E-state index contributed by atoms with van der Waals surface area (Å²) in [5, 5.41) is 8.97. The minimum atomic E-state index is -0.286. The maximum absolute atomic E-state index is 12.4. The van der Waals surface area contributed by atoms with E-state index in [0.717, 1.165) is 8.95 Å². The number of H-pyrrole nitrogens is 2. The molecule has 2 heterocycles. The molecule has 0 aliphatic heterocycles. The molecular weight excluding hydrogens is 708 g/mol. The quantitative estimate of drug-likeness (QED) is 0.101. The highest BCUT2D eigenvalue weighted by atomic mass is 79.9. The molecule has 0 unspecified atom stereocenters. The van der Waals surface area contributed by atoms with Crippen molar-refractivity contribution in [3.63, 3.8) is 0 Å². The van der Waals surface area contributed by atoms with Gasteiger partial charge in [0.05, 0.1) is 18.2 Å². The van der Waals surface area contributed by atoms with Crippen molar-refractivity contribution in [1.29, 1.82) is 0 Å². The average Bonchev–Trinajstić information content (AvgIpc) is 3.33. The standard InChI is InChI=1S/C19H22Br4N8O3/c20-11-8-13(28-16(11)22)18(33)25-4-1-2-6-31(15(32)10-27-30-24)7-3-5-26-19(34)14-9-12(21)17(23)29-14/h8-9,28-29H,1-7,10H2,(H,25,33)(H,26,34). The van der Waals surface area contributed by atoms with Crippen molar-refractivity contribution in [3.8, 4) is 0 Å². The zero-order chi connectivity index (χ0) is 25.1. The lowest BCUT2D eigenvalue weighted by Gasteiger charge is -2.22. The van der Waals surface area contributed by atoms with Crippen molar-refractivity contribution < 1.29 is 14.4 Å². The Hall–Kier alpha value is -1.80. The van der Waals surface area contributed by atoms with Crippen LogP contribution in [0, 0.1) is 0 Å². The number of unbranched alkanes of at least 4 members (excludes halogenated alkanes) is 1. The van der Waals surface area contributed by atoms with Crippen molar-refractivity contribution in [2.75, 3.05) is 32.7 Å². The Morgan fingerprint density at radius 2 is 1.38 bits per heavy atom. The summed E-state index contributed by atoms with van der Waals surface area (Å²) in [6, 6.07) is 3.35. The van der Waals surface area contributed by atoms with Crippen LogP contribution in [0.1, 0.15) is 40.2 Å². The van der Waals surface area contributed by atoms with E-state index in [1.165, 1.54) is 0 Å². The number of aromatic amines is 2. The summed E-state index contributed by atoms with van der Waals surface area (Å²) < 4.78 is 2.88. The number of carbonyl (C=O) groups is 3. The van der Waals surface area contributed by atoms with E-state index in [1.54, 1.807) is 17.0 Å². The van der Waals surface area contributed by atoms with Gasteiger partial charge in [0.25, 0.3) is 11.8 Å². The van der Waals surface area contributed by atoms with Gasteiger partial charge in [0, 0.05) is 31.1 Å². The van der Waals surface area contributed by atoms with Gasteiger partial charge in [-0.1, -0.05) is 5.11 Å². The number of rotatable bonds is 13. The summed E-state index contributed by atoms with van der Waals surface area (Å²) in [7, 11) is 0. The summed E-state index contributed by atoms with van der Waals surface area (Å²) in [4.78, 5) is 46.8. The number of azide groups is 1. The van der Waals surface area contributed by atoms with Gasteiger partial charge in [-0.25, -0.2) is 0 Å². The largest absolute Gasteiger partial charge is 0.351 e. The van der Waals surface area contributed by atoms with Gasteiger partial charge in [-0.2, -0.15) is 0 Å². The fraction of sp³-hybridized carbons (Fsp3) is 0.421. The number of nitrogens with zero attached hydrogens (tertiary/aromatic N) is 4. The Kier molecular flexibility index (Phi) is 12.2. The highest BCUT2D eigenvalue weighted by molar-refractivity contribution is 9.13. The molecule has 4 N–H and O–H groups in total.